The van der Waals surface area contributed by atoms with Crippen LogP contribution in [0, 0.1) is 6.92 Å². The van der Waals surface area contributed by atoms with Crippen LogP contribution in [0.3, 0.4) is 0 Å². The molecule has 0 saturated carbocycles. The van der Waals surface area contributed by atoms with Crippen LogP contribution in [0.25, 0.3) is 16.2 Å². The van der Waals surface area contributed by atoms with Crippen LogP contribution in [0.4, 0.5) is 0 Å². The van der Waals surface area contributed by atoms with Gasteiger partial charge in [0.1, 0.15) is 0 Å². The predicted molar refractivity (Wildman–Crippen MR) is 124 cm³/mol. The van der Waals surface area contributed by atoms with Crippen molar-refractivity contribution in [2.45, 2.75) is 32.6 Å². The number of oxime groups is 1. The van der Waals surface area contributed by atoms with E-state index in [2.05, 4.69) is 9.56 Å². The summed E-state index contributed by atoms with van der Waals surface area (Å²) >= 11 is 7.80. The summed E-state index contributed by atoms with van der Waals surface area (Å²) in [5.41, 5.74) is 5.38. The van der Waals surface area contributed by atoms with Crippen LogP contribution in [0.5, 0.6) is 0 Å². The van der Waals surface area contributed by atoms with E-state index in [9.17, 15) is 4.79 Å². The van der Waals surface area contributed by atoms with E-state index in [0.29, 0.717) is 10.6 Å². The van der Waals surface area contributed by atoms with Gasteiger partial charge in [-0.25, -0.2) is 9.78 Å². The molecule has 0 amide bonds. The fourth-order valence-electron chi connectivity index (χ4n) is 3.87. The average molecular weight is 450 g/mol. The van der Waals surface area contributed by atoms with Gasteiger partial charge in [0.05, 0.1) is 23.2 Å². The summed E-state index contributed by atoms with van der Waals surface area (Å²) in [6.07, 6.45) is 6.05. The lowest BCUT2D eigenvalue weighted by Crippen LogP contribution is -2.06. The minimum atomic E-state index is -0.489. The van der Waals surface area contributed by atoms with E-state index in [1.165, 1.54) is 17.0 Å². The summed E-state index contributed by atoms with van der Waals surface area (Å²) in [7, 11) is 0. The molecule has 0 spiro atoms. The summed E-state index contributed by atoms with van der Waals surface area (Å²) < 4.78 is 2.16. The highest BCUT2D eigenvalue weighted by Crippen LogP contribution is 2.34. The van der Waals surface area contributed by atoms with Crippen LogP contribution in [-0.4, -0.2) is 21.6 Å². The second-order valence-electron chi connectivity index (χ2n) is 7.63. The van der Waals surface area contributed by atoms with E-state index in [0.717, 1.165) is 46.7 Å². The molecule has 0 N–H and O–H groups in total. The Morgan fingerprint density at radius 3 is 2.65 bits per heavy atom. The lowest BCUT2D eigenvalue weighted by molar-refractivity contribution is 0.0519. The quantitative estimate of drug-likeness (QED) is 0.215. The van der Waals surface area contributed by atoms with Crippen molar-refractivity contribution in [1.82, 2.24) is 9.38 Å². The third kappa shape index (κ3) is 3.89. The van der Waals surface area contributed by atoms with Crippen LogP contribution in [0.1, 0.15) is 45.0 Å². The normalized spacial score (nSPS) is 13.6. The van der Waals surface area contributed by atoms with E-state index < -0.39 is 5.97 Å². The molecule has 2 aromatic carbocycles. The number of rotatable bonds is 4. The van der Waals surface area contributed by atoms with Crippen molar-refractivity contribution in [1.29, 1.82) is 0 Å². The Kier molecular flexibility index (Phi) is 5.34. The number of hydrogen-bond donors (Lipinski definition) is 0. The SMILES string of the molecule is Cc1ccc(C(=O)O/N=C\c2c(-c3ccc(Cl)cc3)nc3sc4c(n23)CCCC4)cc1. The lowest BCUT2D eigenvalue weighted by Gasteiger charge is -2.11. The van der Waals surface area contributed by atoms with Crippen molar-refractivity contribution in [3.63, 3.8) is 0 Å². The molecular weight excluding hydrogens is 430 g/mol. The third-order valence-corrected chi connectivity index (χ3v) is 6.87. The largest absolute Gasteiger partial charge is 0.365 e. The van der Waals surface area contributed by atoms with Gasteiger partial charge in [-0.1, -0.05) is 46.6 Å². The monoisotopic (exact) mass is 449 g/mol. The molecule has 1 aliphatic carbocycles. The maximum absolute atomic E-state index is 12.4. The molecule has 4 aromatic rings. The third-order valence-electron chi connectivity index (χ3n) is 5.47. The highest BCUT2D eigenvalue weighted by atomic mass is 35.5. The number of carbonyl (C=O) groups excluding carboxylic acids is 1. The Balaban J connectivity index is 1.53. The van der Waals surface area contributed by atoms with Crippen molar-refractivity contribution in [2.24, 2.45) is 5.16 Å². The number of imidazole rings is 1. The highest BCUT2D eigenvalue weighted by molar-refractivity contribution is 7.17. The maximum atomic E-state index is 12.4. The molecule has 31 heavy (non-hydrogen) atoms. The molecule has 0 atom stereocenters. The molecule has 1 aliphatic rings. The summed E-state index contributed by atoms with van der Waals surface area (Å²) in [6.45, 7) is 1.97. The summed E-state index contributed by atoms with van der Waals surface area (Å²) in [6, 6.07) is 14.8. The van der Waals surface area contributed by atoms with Crippen molar-refractivity contribution >= 4 is 40.1 Å². The molecule has 0 aliphatic heterocycles. The van der Waals surface area contributed by atoms with Crippen molar-refractivity contribution in [2.75, 3.05) is 0 Å². The fraction of sp³-hybridized carbons (Fsp3) is 0.208. The molecule has 0 fully saturated rings. The van der Waals surface area contributed by atoms with Crippen LogP contribution in [0.15, 0.2) is 53.7 Å². The second-order valence-corrected chi connectivity index (χ2v) is 9.13. The Morgan fingerprint density at radius 2 is 1.87 bits per heavy atom. The van der Waals surface area contributed by atoms with E-state index in [-0.39, 0.29) is 0 Å². The lowest BCUT2D eigenvalue weighted by atomic mass is 10.0. The Morgan fingerprint density at radius 1 is 1.13 bits per heavy atom. The van der Waals surface area contributed by atoms with Gasteiger partial charge in [0, 0.05) is 21.2 Å². The van der Waals surface area contributed by atoms with Gasteiger partial charge in [-0.05, 0) is 56.9 Å². The number of carbonyl (C=O) groups is 1. The van der Waals surface area contributed by atoms with Crippen molar-refractivity contribution in [3.8, 4) is 11.3 Å². The minimum absolute atomic E-state index is 0.465. The molecule has 156 valence electrons. The minimum Gasteiger partial charge on any atom is -0.313 e. The first-order valence-electron chi connectivity index (χ1n) is 10.2. The van der Waals surface area contributed by atoms with Crippen molar-refractivity contribution < 1.29 is 9.63 Å². The first kappa shape index (κ1) is 20.0. The predicted octanol–water partition coefficient (Wildman–Crippen LogP) is 6.09. The van der Waals surface area contributed by atoms with Crippen molar-refractivity contribution in [3.05, 3.63) is 80.9 Å². The fourth-order valence-corrected chi connectivity index (χ4v) is 5.21. The summed E-state index contributed by atoms with van der Waals surface area (Å²) in [4.78, 5) is 24.7. The smallest absolute Gasteiger partial charge is 0.313 e. The summed E-state index contributed by atoms with van der Waals surface area (Å²) in [5, 5.41) is 4.71. The number of hydrogen-bond acceptors (Lipinski definition) is 5. The van der Waals surface area contributed by atoms with Gasteiger partial charge in [-0.3, -0.25) is 4.40 Å². The molecule has 2 aromatic heterocycles. The zero-order valence-corrected chi connectivity index (χ0v) is 18.5. The second kappa shape index (κ2) is 8.29. The number of aryl methyl sites for hydroxylation is 3. The first-order valence-corrected chi connectivity index (χ1v) is 11.4. The standard InChI is InChI=1S/C24H20ClN3O2S/c1-15-6-8-17(9-7-15)23(29)30-26-14-20-22(16-10-12-18(25)13-11-16)27-24-28(20)19-4-2-3-5-21(19)31-24/h6-14H,2-5H2,1H3/b26-14-. The molecule has 0 unspecified atom stereocenters. The van der Waals surface area contributed by atoms with E-state index in [1.54, 1.807) is 29.7 Å². The van der Waals surface area contributed by atoms with E-state index >= 15 is 0 Å². The molecule has 5 rings (SSSR count). The van der Waals surface area contributed by atoms with E-state index in [1.807, 2.05) is 43.3 Å². The van der Waals surface area contributed by atoms with E-state index in [4.69, 9.17) is 21.4 Å². The molecule has 0 radical (unpaired) electrons. The Bertz CT molecular complexity index is 1290. The zero-order chi connectivity index (χ0) is 21.4. The van der Waals surface area contributed by atoms with Crippen LogP contribution in [0.2, 0.25) is 5.02 Å². The Hall–Kier alpha value is -2.96. The molecule has 5 nitrogen and oxygen atoms in total. The van der Waals surface area contributed by atoms with Gasteiger partial charge in [-0.15, -0.1) is 11.3 Å². The molecule has 2 heterocycles. The highest BCUT2D eigenvalue weighted by Gasteiger charge is 2.22. The van der Waals surface area contributed by atoms with Crippen LogP contribution < -0.4 is 0 Å². The number of thiazole rings is 1. The van der Waals surface area contributed by atoms with Gasteiger partial charge >= 0.3 is 5.97 Å². The number of halogens is 1. The molecule has 0 saturated heterocycles. The van der Waals surface area contributed by atoms with Gasteiger partial charge < -0.3 is 4.84 Å². The first-order chi connectivity index (χ1) is 15.1. The van der Waals surface area contributed by atoms with Gasteiger partial charge in [-0.2, -0.15) is 0 Å². The number of nitrogens with zero attached hydrogens (tertiary/aromatic N) is 3. The summed E-state index contributed by atoms with van der Waals surface area (Å²) in [5.74, 6) is -0.489. The molecule has 0 bridgehead atoms. The Labute approximate surface area is 189 Å². The topological polar surface area (TPSA) is 56.0 Å². The molecular formula is C24H20ClN3O2S. The zero-order valence-electron chi connectivity index (χ0n) is 17.0. The number of aromatic nitrogens is 2. The number of fused-ring (bicyclic) bond motifs is 3. The van der Waals surface area contributed by atoms with Crippen LogP contribution >= 0.6 is 22.9 Å². The van der Waals surface area contributed by atoms with Crippen LogP contribution in [-0.2, 0) is 17.7 Å². The maximum Gasteiger partial charge on any atom is 0.365 e. The molecule has 7 heteroatoms. The average Bonchev–Trinajstić information content (AvgIpc) is 3.31. The van der Waals surface area contributed by atoms with Gasteiger partial charge in [0.2, 0.25) is 0 Å². The van der Waals surface area contributed by atoms with Gasteiger partial charge in [0.25, 0.3) is 0 Å². The van der Waals surface area contributed by atoms with Gasteiger partial charge in [0.15, 0.2) is 4.96 Å². The number of benzene rings is 2.